The van der Waals surface area contributed by atoms with Gasteiger partial charge in [-0.3, -0.25) is 18.7 Å². The van der Waals surface area contributed by atoms with Crippen LogP contribution in [0.1, 0.15) is 65.6 Å². The molecule has 2 bridgehead atoms. The molecule has 2 amide bonds. The summed E-state index contributed by atoms with van der Waals surface area (Å²) < 4.78 is 50.7. The van der Waals surface area contributed by atoms with Gasteiger partial charge >= 0.3 is 0 Å². The lowest BCUT2D eigenvalue weighted by Gasteiger charge is -2.33. The molecule has 0 radical (unpaired) electrons. The Bertz CT molecular complexity index is 1720. The zero-order valence-electron chi connectivity index (χ0n) is 23.4. The molecule has 1 unspecified atom stereocenters. The predicted octanol–water partition coefficient (Wildman–Crippen LogP) is 2.11. The van der Waals surface area contributed by atoms with Crippen LogP contribution in [0, 0.1) is 5.82 Å². The van der Waals surface area contributed by atoms with Crippen LogP contribution in [0.2, 0.25) is 0 Å². The van der Waals surface area contributed by atoms with Crippen LogP contribution < -0.4 is 19.9 Å². The van der Waals surface area contributed by atoms with Crippen LogP contribution in [0.25, 0.3) is 10.9 Å². The van der Waals surface area contributed by atoms with Crippen molar-refractivity contribution in [2.75, 3.05) is 43.8 Å². The Morgan fingerprint density at radius 1 is 1.17 bits per heavy atom. The molecular formula is C27H33FN6O6S. The molecule has 2 aromatic heterocycles. The van der Waals surface area contributed by atoms with Crippen molar-refractivity contribution >= 4 is 38.6 Å². The highest BCUT2D eigenvalue weighted by Gasteiger charge is 2.39. The molecule has 5 rings (SSSR count). The van der Waals surface area contributed by atoms with Crippen LogP contribution in [0.4, 0.5) is 10.2 Å². The number of ether oxygens (including phenoxy) is 1. The van der Waals surface area contributed by atoms with Crippen molar-refractivity contribution < 1.29 is 27.1 Å². The molecule has 1 atom stereocenters. The topological polar surface area (TPSA) is 136 Å². The molecule has 0 fully saturated rings. The number of likely N-dealkylation sites (N-methyl/N-ethyl adjacent to an activating group) is 1. The van der Waals surface area contributed by atoms with E-state index in [9.17, 15) is 27.2 Å². The van der Waals surface area contributed by atoms with E-state index in [-0.39, 0.29) is 64.5 Å². The lowest BCUT2D eigenvalue weighted by atomic mass is 10.1. The second-order valence-corrected chi connectivity index (χ2v) is 12.5. The SMILES string of the molecule is CCN1CC(C)n2c(c(OC)c3c(=O)n4nc(c32)N(C)S(=O)(=O)CCCCCNC(=O)c2cc(F)ccc2C4)C1=O. The third-order valence-electron chi connectivity index (χ3n) is 7.75. The third kappa shape index (κ3) is 4.83. The van der Waals surface area contributed by atoms with E-state index in [0.717, 1.165) is 15.1 Å². The van der Waals surface area contributed by atoms with E-state index >= 15 is 0 Å². The van der Waals surface area contributed by atoms with E-state index in [1.807, 2.05) is 13.8 Å². The Labute approximate surface area is 236 Å². The summed E-state index contributed by atoms with van der Waals surface area (Å²) in [7, 11) is -1.18. The number of nitrogens with zero attached hydrogens (tertiary/aromatic N) is 5. The number of aromatic nitrogens is 3. The monoisotopic (exact) mass is 588 g/mol. The first-order valence-electron chi connectivity index (χ1n) is 13.6. The normalized spacial score (nSPS) is 19.7. The Morgan fingerprint density at radius 3 is 2.63 bits per heavy atom. The van der Waals surface area contributed by atoms with Crippen molar-refractivity contribution in [1.29, 1.82) is 0 Å². The summed E-state index contributed by atoms with van der Waals surface area (Å²) in [6.07, 6.45) is 1.38. The number of methoxy groups -OCH3 is 1. The summed E-state index contributed by atoms with van der Waals surface area (Å²) >= 11 is 0. The van der Waals surface area contributed by atoms with Gasteiger partial charge in [-0.25, -0.2) is 17.5 Å². The van der Waals surface area contributed by atoms with Gasteiger partial charge in [-0.2, -0.15) is 0 Å². The molecule has 41 heavy (non-hydrogen) atoms. The second-order valence-electron chi connectivity index (χ2n) is 10.4. The fraction of sp³-hybridized carbons (Fsp3) is 0.481. The lowest BCUT2D eigenvalue weighted by molar-refractivity contribution is 0.0685. The molecule has 2 aliphatic heterocycles. The van der Waals surface area contributed by atoms with E-state index < -0.39 is 27.3 Å². The van der Waals surface area contributed by atoms with E-state index in [1.165, 1.54) is 26.3 Å². The van der Waals surface area contributed by atoms with Gasteiger partial charge in [0.1, 0.15) is 16.7 Å². The molecule has 0 saturated carbocycles. The maximum Gasteiger partial charge on any atom is 0.280 e. The first-order chi connectivity index (χ1) is 19.5. The molecule has 220 valence electrons. The van der Waals surface area contributed by atoms with Crippen molar-refractivity contribution in [1.82, 2.24) is 24.6 Å². The van der Waals surface area contributed by atoms with Gasteiger partial charge in [-0.1, -0.05) is 12.5 Å². The summed E-state index contributed by atoms with van der Waals surface area (Å²) in [5, 5.41) is 7.27. The van der Waals surface area contributed by atoms with Crippen LogP contribution in [-0.2, 0) is 16.6 Å². The van der Waals surface area contributed by atoms with E-state index in [1.54, 1.807) is 9.47 Å². The molecule has 1 N–H and O–H groups in total. The second kappa shape index (κ2) is 10.8. The third-order valence-corrected chi connectivity index (χ3v) is 9.57. The van der Waals surface area contributed by atoms with Crippen molar-refractivity contribution in [3.8, 4) is 5.75 Å². The first-order valence-corrected chi connectivity index (χ1v) is 15.2. The molecule has 12 nitrogen and oxygen atoms in total. The molecule has 0 spiro atoms. The number of halogens is 1. The van der Waals surface area contributed by atoms with Gasteiger partial charge in [0.05, 0.1) is 19.4 Å². The lowest BCUT2D eigenvalue weighted by Crippen LogP contribution is -2.42. The minimum absolute atomic E-state index is 0.00475. The highest BCUT2D eigenvalue weighted by Crippen LogP contribution is 2.41. The quantitative estimate of drug-likeness (QED) is 0.484. The highest BCUT2D eigenvalue weighted by atomic mass is 32.2. The van der Waals surface area contributed by atoms with Crippen LogP contribution in [0.15, 0.2) is 23.0 Å². The molecule has 4 heterocycles. The molecule has 0 aliphatic carbocycles. The standard InChI is InChI=1S/C27H33FN6O6S/c1-5-32-14-16(2)34-21-20(23(40-4)22(34)27(32)37)26(36)33-15-17-9-10-18(28)13-19(17)25(35)29-11-7-6-8-12-41(38,39)31(3)24(21)30-33/h9-10,13,16H,5-8,11-12,14-15H2,1-4H3,(H,29,35). The van der Waals surface area contributed by atoms with E-state index in [4.69, 9.17) is 4.74 Å². The number of sulfonamides is 1. The number of hydrogen-bond donors (Lipinski definition) is 1. The maximum atomic E-state index is 14.2. The number of benzene rings is 1. The number of carbonyl (C=O) groups is 2. The fourth-order valence-electron chi connectivity index (χ4n) is 5.60. The van der Waals surface area contributed by atoms with Crippen molar-refractivity contribution in [3.05, 3.63) is 51.2 Å². The molecular weight excluding hydrogens is 555 g/mol. The first kappa shape index (κ1) is 28.6. The van der Waals surface area contributed by atoms with Crippen molar-refractivity contribution in [2.45, 2.75) is 45.7 Å². The minimum atomic E-state index is -3.90. The number of rotatable bonds is 2. The summed E-state index contributed by atoms with van der Waals surface area (Å²) in [6, 6.07) is 3.36. The van der Waals surface area contributed by atoms with Gasteiger partial charge in [-0.15, -0.1) is 5.10 Å². The predicted molar refractivity (Wildman–Crippen MR) is 151 cm³/mol. The zero-order chi connectivity index (χ0) is 29.6. The van der Waals surface area contributed by atoms with E-state index in [2.05, 4.69) is 10.4 Å². The van der Waals surface area contributed by atoms with Gasteiger partial charge in [0.2, 0.25) is 10.0 Å². The maximum absolute atomic E-state index is 14.2. The van der Waals surface area contributed by atoms with Gasteiger partial charge in [0, 0.05) is 38.3 Å². The fourth-order valence-corrected chi connectivity index (χ4v) is 6.83. The average Bonchev–Trinajstić information content (AvgIpc) is 3.30. The number of anilines is 1. The summed E-state index contributed by atoms with van der Waals surface area (Å²) in [5.41, 5.74) is 0.0389. The van der Waals surface area contributed by atoms with Crippen LogP contribution in [0.3, 0.4) is 0 Å². The van der Waals surface area contributed by atoms with Crippen molar-refractivity contribution in [3.63, 3.8) is 0 Å². The Morgan fingerprint density at radius 2 is 1.93 bits per heavy atom. The Hall–Kier alpha value is -3.94. The average molecular weight is 589 g/mol. The van der Waals surface area contributed by atoms with Gasteiger partial charge in [0.25, 0.3) is 17.4 Å². The Kier molecular flexibility index (Phi) is 7.53. The van der Waals surface area contributed by atoms with Gasteiger partial charge in [0.15, 0.2) is 17.3 Å². The zero-order valence-corrected chi connectivity index (χ0v) is 24.3. The largest absolute Gasteiger partial charge is 0.493 e. The van der Waals surface area contributed by atoms with Crippen LogP contribution in [-0.4, -0.2) is 79.0 Å². The molecule has 2 aliphatic rings. The molecule has 14 heteroatoms. The number of fused-ring (bicyclic) bond motifs is 7. The molecule has 0 saturated heterocycles. The summed E-state index contributed by atoms with van der Waals surface area (Å²) in [5.74, 6) is -1.68. The smallest absolute Gasteiger partial charge is 0.280 e. The van der Waals surface area contributed by atoms with Gasteiger partial charge in [-0.05, 0) is 44.4 Å². The highest BCUT2D eigenvalue weighted by molar-refractivity contribution is 7.92. The number of amides is 2. The van der Waals surface area contributed by atoms with E-state index in [0.29, 0.717) is 37.9 Å². The molecule has 1 aromatic carbocycles. The molecule has 3 aromatic rings. The van der Waals surface area contributed by atoms with Crippen LogP contribution in [0.5, 0.6) is 5.75 Å². The van der Waals surface area contributed by atoms with Crippen LogP contribution >= 0.6 is 0 Å². The Balaban J connectivity index is 1.85. The minimum Gasteiger partial charge on any atom is -0.493 e. The van der Waals surface area contributed by atoms with Crippen molar-refractivity contribution in [2.24, 2.45) is 0 Å². The van der Waals surface area contributed by atoms with Gasteiger partial charge < -0.3 is 19.5 Å². The summed E-state index contributed by atoms with van der Waals surface area (Å²) in [6.45, 7) is 4.54. The number of hydrogen-bond acceptors (Lipinski definition) is 7. The summed E-state index contributed by atoms with van der Waals surface area (Å²) in [4.78, 5) is 42.2. The number of carbonyl (C=O) groups excluding carboxylic acids is 2. The number of nitrogens with one attached hydrogen (secondary N) is 1.